The number of hydrogen-bond donors (Lipinski definition) is 5. The molecule has 0 saturated heterocycles. The molecule has 2 aromatic heterocycles. The lowest BCUT2D eigenvalue weighted by molar-refractivity contribution is -0.127. The molecule has 3 aromatic rings. The first-order valence-electron chi connectivity index (χ1n) is 10.9. The second kappa shape index (κ2) is 8.53. The van der Waals surface area contributed by atoms with Gasteiger partial charge in [-0.15, -0.1) is 0 Å². The van der Waals surface area contributed by atoms with E-state index >= 15 is 0 Å². The lowest BCUT2D eigenvalue weighted by atomic mass is 9.87. The van der Waals surface area contributed by atoms with Gasteiger partial charge in [-0.25, -0.2) is 4.98 Å². The van der Waals surface area contributed by atoms with Gasteiger partial charge in [-0.1, -0.05) is 24.3 Å². The van der Waals surface area contributed by atoms with Crippen molar-refractivity contribution in [3.05, 3.63) is 75.1 Å². The van der Waals surface area contributed by atoms with E-state index in [4.69, 9.17) is 0 Å². The molecular formula is C23H24N6O4. The molecule has 10 heteroatoms. The summed E-state index contributed by atoms with van der Waals surface area (Å²) in [5.41, 5.74) is 3.48. The van der Waals surface area contributed by atoms with E-state index in [0.29, 0.717) is 12.8 Å². The van der Waals surface area contributed by atoms with Gasteiger partial charge in [0.15, 0.2) is 0 Å². The van der Waals surface area contributed by atoms with E-state index in [1.54, 1.807) is 6.20 Å². The fourth-order valence-corrected chi connectivity index (χ4v) is 4.81. The first-order chi connectivity index (χ1) is 16.0. The Morgan fingerprint density at radius 1 is 1.15 bits per heavy atom. The minimum absolute atomic E-state index is 0.0414. The molecule has 3 atom stereocenters. The van der Waals surface area contributed by atoms with Crippen molar-refractivity contribution in [3.8, 4) is 5.88 Å². The van der Waals surface area contributed by atoms with Gasteiger partial charge in [-0.3, -0.25) is 19.5 Å². The summed E-state index contributed by atoms with van der Waals surface area (Å²) in [4.78, 5) is 43.9. The summed E-state index contributed by atoms with van der Waals surface area (Å²) in [5.74, 6) is -1.10. The highest BCUT2D eigenvalue weighted by Gasteiger charge is 2.36. The van der Waals surface area contributed by atoms with Crippen LogP contribution in [0.15, 0.2) is 41.6 Å². The van der Waals surface area contributed by atoms with Gasteiger partial charge in [0.1, 0.15) is 0 Å². The fraction of sp³-hybridized carbons (Fsp3) is 0.348. The van der Waals surface area contributed by atoms with Crippen LogP contribution in [0.25, 0.3) is 0 Å². The van der Waals surface area contributed by atoms with Gasteiger partial charge in [0.05, 0.1) is 36.6 Å². The van der Waals surface area contributed by atoms with Crippen molar-refractivity contribution in [1.82, 2.24) is 30.8 Å². The predicted molar refractivity (Wildman–Crippen MR) is 117 cm³/mol. The summed E-state index contributed by atoms with van der Waals surface area (Å²) >= 11 is 0. The highest BCUT2D eigenvalue weighted by atomic mass is 16.3. The van der Waals surface area contributed by atoms with E-state index in [1.807, 2.05) is 24.3 Å². The summed E-state index contributed by atoms with van der Waals surface area (Å²) in [6, 6.07) is 6.97. The van der Waals surface area contributed by atoms with Gasteiger partial charge in [-0.05, 0) is 42.4 Å². The molecular weight excluding hydrogens is 424 g/mol. The third-order valence-corrected chi connectivity index (χ3v) is 6.53. The average Bonchev–Trinajstić information content (AvgIpc) is 3.40. The third-order valence-electron chi connectivity index (χ3n) is 6.53. The van der Waals surface area contributed by atoms with Crippen LogP contribution in [0.5, 0.6) is 5.88 Å². The zero-order valence-corrected chi connectivity index (χ0v) is 17.8. The molecule has 0 radical (unpaired) electrons. The van der Waals surface area contributed by atoms with Crippen molar-refractivity contribution in [2.24, 2.45) is 5.92 Å². The molecule has 0 aliphatic heterocycles. The Hall–Kier alpha value is -3.95. The third kappa shape index (κ3) is 4.11. The molecule has 2 amide bonds. The van der Waals surface area contributed by atoms with Gasteiger partial charge in [0.2, 0.25) is 17.7 Å². The summed E-state index contributed by atoms with van der Waals surface area (Å²) in [7, 11) is 0. The lowest BCUT2D eigenvalue weighted by Crippen LogP contribution is -2.47. The SMILES string of the molecule is O=C(Cc1c(O)nc[nH]c1=O)N[C@@H]1c2ccccc2C[C@H]1NC(=O)C1CCc2[nH]ncc2C1. The van der Waals surface area contributed by atoms with Crippen LogP contribution in [0.2, 0.25) is 0 Å². The largest absolute Gasteiger partial charge is 0.493 e. The van der Waals surface area contributed by atoms with Crippen LogP contribution in [0, 0.1) is 5.92 Å². The summed E-state index contributed by atoms with van der Waals surface area (Å²) < 4.78 is 0. The van der Waals surface area contributed by atoms with Gasteiger partial charge >= 0.3 is 0 Å². The zero-order valence-electron chi connectivity index (χ0n) is 17.8. The van der Waals surface area contributed by atoms with E-state index in [-0.39, 0.29) is 29.9 Å². The monoisotopic (exact) mass is 448 g/mol. The Labute approximate surface area is 188 Å². The predicted octanol–water partition coefficient (Wildman–Crippen LogP) is 0.445. The molecule has 10 nitrogen and oxygen atoms in total. The molecule has 33 heavy (non-hydrogen) atoms. The molecule has 0 fully saturated rings. The first-order valence-corrected chi connectivity index (χ1v) is 10.9. The number of carbonyl (C=O) groups excluding carboxylic acids is 2. The fourth-order valence-electron chi connectivity index (χ4n) is 4.81. The average molecular weight is 448 g/mol. The molecule has 5 rings (SSSR count). The maximum absolute atomic E-state index is 13.1. The topological polar surface area (TPSA) is 153 Å². The Morgan fingerprint density at radius 2 is 2.00 bits per heavy atom. The minimum Gasteiger partial charge on any atom is -0.493 e. The number of amides is 2. The van der Waals surface area contributed by atoms with Crippen LogP contribution in [0.4, 0.5) is 0 Å². The maximum Gasteiger partial charge on any atom is 0.258 e. The standard InChI is InChI=1S/C23H24N6O4/c30-19(9-16-22(32)24-11-25-23(16)33)28-20-15-4-2-1-3-12(15)8-18(20)27-21(31)13-5-6-17-14(7-13)10-26-29-17/h1-4,10-11,13,18,20H,5-9H2,(H,26,29)(H,27,31)(H,28,30)(H2,24,25,32,33)/t13?,18-,20-/m1/s1. The molecule has 1 unspecified atom stereocenters. The number of hydrogen-bond acceptors (Lipinski definition) is 6. The van der Waals surface area contributed by atoms with Gasteiger partial charge < -0.3 is 20.7 Å². The number of nitrogens with zero attached hydrogens (tertiary/aromatic N) is 2. The van der Waals surface area contributed by atoms with Crippen molar-refractivity contribution in [2.45, 2.75) is 44.2 Å². The first kappa shape index (κ1) is 20.9. The van der Waals surface area contributed by atoms with E-state index in [0.717, 1.165) is 41.6 Å². The molecule has 2 aliphatic rings. The molecule has 2 aliphatic carbocycles. The summed E-state index contributed by atoms with van der Waals surface area (Å²) in [5, 5.41) is 23.0. The Morgan fingerprint density at radius 3 is 2.85 bits per heavy atom. The Bertz CT molecular complexity index is 1270. The van der Waals surface area contributed by atoms with Crippen LogP contribution in [0.3, 0.4) is 0 Å². The van der Waals surface area contributed by atoms with Crippen molar-refractivity contribution in [1.29, 1.82) is 0 Å². The van der Waals surface area contributed by atoms with E-state index in [9.17, 15) is 19.5 Å². The van der Waals surface area contributed by atoms with Crippen molar-refractivity contribution >= 4 is 11.8 Å². The van der Waals surface area contributed by atoms with Gasteiger partial charge in [-0.2, -0.15) is 5.10 Å². The van der Waals surface area contributed by atoms with Crippen LogP contribution in [-0.2, 0) is 35.3 Å². The normalized spacial score (nSPS) is 21.2. The highest BCUT2D eigenvalue weighted by molar-refractivity contribution is 5.81. The highest BCUT2D eigenvalue weighted by Crippen LogP contribution is 2.32. The molecule has 2 heterocycles. The summed E-state index contributed by atoms with van der Waals surface area (Å²) in [6.45, 7) is 0. The van der Waals surface area contributed by atoms with E-state index in [2.05, 4.69) is 30.8 Å². The van der Waals surface area contributed by atoms with E-state index in [1.165, 1.54) is 0 Å². The zero-order chi connectivity index (χ0) is 22.9. The lowest BCUT2D eigenvalue weighted by Gasteiger charge is -2.27. The second-order valence-electron chi connectivity index (χ2n) is 8.59. The molecule has 0 bridgehead atoms. The van der Waals surface area contributed by atoms with Crippen LogP contribution < -0.4 is 16.2 Å². The molecule has 170 valence electrons. The molecule has 5 N–H and O–H groups in total. The number of fused-ring (bicyclic) bond motifs is 2. The van der Waals surface area contributed by atoms with Crippen molar-refractivity contribution in [2.75, 3.05) is 0 Å². The number of aromatic nitrogens is 4. The smallest absolute Gasteiger partial charge is 0.258 e. The number of nitrogens with one attached hydrogen (secondary N) is 4. The number of aryl methyl sites for hydroxylation is 1. The number of benzene rings is 1. The van der Waals surface area contributed by atoms with Crippen LogP contribution in [-0.4, -0.2) is 43.1 Å². The number of H-pyrrole nitrogens is 2. The van der Waals surface area contributed by atoms with Gasteiger partial charge in [0, 0.05) is 11.6 Å². The number of aromatic amines is 2. The number of carbonyl (C=O) groups is 2. The molecule has 0 saturated carbocycles. The van der Waals surface area contributed by atoms with Gasteiger partial charge in [0.25, 0.3) is 5.56 Å². The maximum atomic E-state index is 13.1. The number of rotatable bonds is 5. The Kier molecular flexibility index (Phi) is 5.41. The second-order valence-corrected chi connectivity index (χ2v) is 8.59. The minimum atomic E-state index is -0.565. The van der Waals surface area contributed by atoms with Crippen molar-refractivity contribution in [3.63, 3.8) is 0 Å². The molecule has 1 aromatic carbocycles. The number of aromatic hydroxyl groups is 1. The van der Waals surface area contributed by atoms with Crippen LogP contribution >= 0.6 is 0 Å². The quantitative estimate of drug-likeness (QED) is 0.382. The van der Waals surface area contributed by atoms with Crippen molar-refractivity contribution < 1.29 is 14.7 Å². The Balaban J connectivity index is 1.31. The van der Waals surface area contributed by atoms with E-state index < -0.39 is 23.4 Å². The molecule has 0 spiro atoms. The summed E-state index contributed by atoms with van der Waals surface area (Å²) in [6.07, 6.45) is 5.28. The van der Waals surface area contributed by atoms with Crippen LogP contribution in [0.1, 0.15) is 40.4 Å².